The Morgan fingerprint density at radius 2 is 1.90 bits per heavy atom. The second-order valence-electron chi connectivity index (χ2n) is 4.70. The summed E-state index contributed by atoms with van der Waals surface area (Å²) in [4.78, 5) is 0. The zero-order valence-corrected chi connectivity index (χ0v) is 12.0. The summed E-state index contributed by atoms with van der Waals surface area (Å²) in [6, 6.07) is 8.15. The molecular weight excluding hydrogens is 291 g/mol. The van der Waals surface area contributed by atoms with Crippen molar-refractivity contribution in [3.05, 3.63) is 65.5 Å². The van der Waals surface area contributed by atoms with E-state index in [4.69, 9.17) is 11.6 Å². The molecule has 0 aliphatic rings. The monoisotopic (exact) mass is 302 g/mol. The molecule has 106 valence electrons. The summed E-state index contributed by atoms with van der Waals surface area (Å²) in [6.07, 6.45) is 5.28. The molecule has 1 atom stereocenters. The predicted octanol–water partition coefficient (Wildman–Crippen LogP) is 3.74. The van der Waals surface area contributed by atoms with E-state index in [1.807, 2.05) is 17.8 Å². The first-order valence-corrected chi connectivity index (χ1v) is 6.79. The van der Waals surface area contributed by atoms with E-state index in [2.05, 4.69) is 15.3 Å². The van der Waals surface area contributed by atoms with Gasteiger partial charge in [-0.15, -0.1) is 5.10 Å². The SMILES string of the molecule is CC(c1ccc(F)cc1)n1cc(-c2cnnc(Cl)c2)cn1. The smallest absolute Gasteiger partial charge is 0.152 e. The quantitative estimate of drug-likeness (QED) is 0.740. The van der Waals surface area contributed by atoms with Crippen LogP contribution >= 0.6 is 11.6 Å². The fourth-order valence-electron chi connectivity index (χ4n) is 2.09. The first-order valence-electron chi connectivity index (χ1n) is 6.42. The molecule has 21 heavy (non-hydrogen) atoms. The van der Waals surface area contributed by atoms with Crippen molar-refractivity contribution in [3.63, 3.8) is 0 Å². The molecule has 0 spiro atoms. The third-order valence-corrected chi connectivity index (χ3v) is 3.49. The van der Waals surface area contributed by atoms with Crippen LogP contribution in [-0.2, 0) is 0 Å². The Labute approximate surface area is 126 Å². The van der Waals surface area contributed by atoms with Crippen LogP contribution in [0.3, 0.4) is 0 Å². The molecule has 0 amide bonds. The van der Waals surface area contributed by atoms with Crippen LogP contribution in [0.2, 0.25) is 5.15 Å². The molecule has 4 nitrogen and oxygen atoms in total. The van der Waals surface area contributed by atoms with Crippen molar-refractivity contribution < 1.29 is 4.39 Å². The highest BCUT2D eigenvalue weighted by Gasteiger charge is 2.11. The first kappa shape index (κ1) is 13.7. The molecule has 3 rings (SSSR count). The number of rotatable bonds is 3. The zero-order valence-electron chi connectivity index (χ0n) is 11.2. The van der Waals surface area contributed by atoms with Gasteiger partial charge in [0.25, 0.3) is 0 Å². The van der Waals surface area contributed by atoms with Gasteiger partial charge in [0.2, 0.25) is 0 Å². The topological polar surface area (TPSA) is 43.6 Å². The van der Waals surface area contributed by atoms with Crippen LogP contribution in [0.4, 0.5) is 4.39 Å². The number of benzene rings is 1. The first-order chi connectivity index (χ1) is 10.1. The van der Waals surface area contributed by atoms with Gasteiger partial charge in [0, 0.05) is 17.3 Å². The van der Waals surface area contributed by atoms with Crippen molar-refractivity contribution in [2.75, 3.05) is 0 Å². The lowest BCUT2D eigenvalue weighted by Gasteiger charge is -2.12. The third-order valence-electron chi connectivity index (χ3n) is 3.31. The maximum atomic E-state index is 13.0. The van der Waals surface area contributed by atoms with Crippen LogP contribution in [0, 0.1) is 5.82 Å². The Kier molecular flexibility index (Phi) is 3.66. The van der Waals surface area contributed by atoms with E-state index in [1.54, 1.807) is 30.6 Å². The van der Waals surface area contributed by atoms with Crippen molar-refractivity contribution in [2.45, 2.75) is 13.0 Å². The molecule has 0 saturated heterocycles. The third kappa shape index (κ3) is 2.92. The van der Waals surface area contributed by atoms with Gasteiger partial charge in [-0.05, 0) is 30.7 Å². The highest BCUT2D eigenvalue weighted by molar-refractivity contribution is 6.29. The van der Waals surface area contributed by atoms with Gasteiger partial charge in [-0.1, -0.05) is 23.7 Å². The van der Waals surface area contributed by atoms with Crippen molar-refractivity contribution >= 4 is 11.6 Å². The molecule has 0 radical (unpaired) electrons. The van der Waals surface area contributed by atoms with Crippen molar-refractivity contribution in [1.29, 1.82) is 0 Å². The Balaban J connectivity index is 1.89. The van der Waals surface area contributed by atoms with E-state index in [0.29, 0.717) is 5.15 Å². The molecule has 1 unspecified atom stereocenters. The maximum absolute atomic E-state index is 13.0. The molecule has 0 aliphatic heterocycles. The van der Waals surface area contributed by atoms with E-state index >= 15 is 0 Å². The molecule has 0 fully saturated rings. The number of hydrogen-bond donors (Lipinski definition) is 0. The fourth-order valence-corrected chi connectivity index (χ4v) is 2.25. The van der Waals surface area contributed by atoms with Crippen molar-refractivity contribution in [3.8, 4) is 11.1 Å². The lowest BCUT2D eigenvalue weighted by Crippen LogP contribution is -2.06. The molecule has 1 aromatic carbocycles. The second-order valence-corrected chi connectivity index (χ2v) is 5.09. The Bertz CT molecular complexity index is 754. The maximum Gasteiger partial charge on any atom is 0.152 e. The van der Waals surface area contributed by atoms with Gasteiger partial charge in [0.05, 0.1) is 18.4 Å². The van der Waals surface area contributed by atoms with Crippen LogP contribution in [0.1, 0.15) is 18.5 Å². The lowest BCUT2D eigenvalue weighted by atomic mass is 10.1. The minimum absolute atomic E-state index is 0.00428. The van der Waals surface area contributed by atoms with Gasteiger partial charge in [0.1, 0.15) is 5.82 Å². The number of halogens is 2. The van der Waals surface area contributed by atoms with Crippen molar-refractivity contribution in [1.82, 2.24) is 20.0 Å². The van der Waals surface area contributed by atoms with E-state index in [-0.39, 0.29) is 11.9 Å². The average molecular weight is 303 g/mol. The largest absolute Gasteiger partial charge is 0.265 e. The highest BCUT2D eigenvalue weighted by Crippen LogP contribution is 2.23. The van der Waals surface area contributed by atoms with E-state index in [1.165, 1.54) is 12.1 Å². The molecular formula is C15H12ClFN4. The van der Waals surface area contributed by atoms with Gasteiger partial charge in [-0.2, -0.15) is 10.2 Å². The normalized spacial score (nSPS) is 12.3. The molecule has 2 aromatic heterocycles. The van der Waals surface area contributed by atoms with Crippen LogP contribution in [0.5, 0.6) is 0 Å². The summed E-state index contributed by atoms with van der Waals surface area (Å²) in [5.41, 5.74) is 2.74. The Hall–Kier alpha value is -2.27. The average Bonchev–Trinajstić information content (AvgIpc) is 2.97. The predicted molar refractivity (Wildman–Crippen MR) is 78.5 cm³/mol. The van der Waals surface area contributed by atoms with Crippen LogP contribution in [0.25, 0.3) is 11.1 Å². The molecule has 6 heteroatoms. The highest BCUT2D eigenvalue weighted by atomic mass is 35.5. The molecule has 0 bridgehead atoms. The van der Waals surface area contributed by atoms with Gasteiger partial charge in [-0.25, -0.2) is 4.39 Å². The molecule has 3 aromatic rings. The minimum atomic E-state index is -0.246. The summed E-state index contributed by atoms with van der Waals surface area (Å²) in [7, 11) is 0. The number of hydrogen-bond acceptors (Lipinski definition) is 3. The summed E-state index contributed by atoms with van der Waals surface area (Å²) in [5.74, 6) is -0.246. The second kappa shape index (κ2) is 5.61. The zero-order chi connectivity index (χ0) is 14.8. The van der Waals surface area contributed by atoms with E-state index in [0.717, 1.165) is 16.7 Å². The van der Waals surface area contributed by atoms with Gasteiger partial charge in [0.15, 0.2) is 5.15 Å². The minimum Gasteiger partial charge on any atom is -0.265 e. The summed E-state index contributed by atoms with van der Waals surface area (Å²) >= 11 is 5.84. The fraction of sp³-hybridized carbons (Fsp3) is 0.133. The van der Waals surface area contributed by atoms with Crippen LogP contribution in [0.15, 0.2) is 48.9 Å². The molecule has 0 N–H and O–H groups in total. The summed E-state index contributed by atoms with van der Waals surface area (Å²) in [6.45, 7) is 2.00. The van der Waals surface area contributed by atoms with Gasteiger partial charge >= 0.3 is 0 Å². The van der Waals surface area contributed by atoms with Crippen LogP contribution in [-0.4, -0.2) is 20.0 Å². The molecule has 0 saturated carbocycles. The van der Waals surface area contributed by atoms with Gasteiger partial charge in [-0.3, -0.25) is 4.68 Å². The van der Waals surface area contributed by atoms with E-state index in [9.17, 15) is 4.39 Å². The molecule has 2 heterocycles. The van der Waals surface area contributed by atoms with E-state index < -0.39 is 0 Å². The summed E-state index contributed by atoms with van der Waals surface area (Å²) < 4.78 is 14.8. The Morgan fingerprint density at radius 3 is 2.62 bits per heavy atom. The number of aromatic nitrogens is 4. The lowest BCUT2D eigenvalue weighted by molar-refractivity contribution is 0.561. The van der Waals surface area contributed by atoms with Crippen molar-refractivity contribution in [2.24, 2.45) is 0 Å². The standard InChI is InChI=1S/C15H12ClFN4/c1-10(11-2-4-14(17)5-3-11)21-9-13(8-19-21)12-6-15(16)20-18-7-12/h2-10H,1H3. The van der Waals surface area contributed by atoms with Crippen LogP contribution < -0.4 is 0 Å². The summed E-state index contributed by atoms with van der Waals surface area (Å²) in [5, 5.41) is 12.2. The molecule has 0 aliphatic carbocycles. The number of nitrogens with zero attached hydrogens (tertiary/aromatic N) is 4. The van der Waals surface area contributed by atoms with Gasteiger partial charge < -0.3 is 0 Å². The Morgan fingerprint density at radius 1 is 1.14 bits per heavy atom.